The summed E-state index contributed by atoms with van der Waals surface area (Å²) in [6.45, 7) is 4.24. The second-order valence-corrected chi connectivity index (χ2v) is 5.87. The first-order valence-electron chi connectivity index (χ1n) is 7.23. The highest BCUT2D eigenvalue weighted by molar-refractivity contribution is 5.90. The van der Waals surface area contributed by atoms with Crippen LogP contribution >= 0.6 is 0 Å². The Hall–Kier alpha value is -1.90. The predicted octanol–water partition coefficient (Wildman–Crippen LogP) is 1.73. The van der Waals surface area contributed by atoms with Crippen LogP contribution in [-0.4, -0.2) is 41.1 Å². The molecule has 2 rings (SSSR count). The van der Waals surface area contributed by atoms with Gasteiger partial charge in [-0.15, -0.1) is 0 Å². The molecule has 1 aromatic carbocycles. The van der Waals surface area contributed by atoms with Gasteiger partial charge in [-0.05, 0) is 44.5 Å². The largest absolute Gasteiger partial charge is 0.389 e. The minimum atomic E-state index is -0.583. The average molecular weight is 287 g/mol. The van der Waals surface area contributed by atoms with Gasteiger partial charge in [0.2, 0.25) is 5.91 Å². The number of carbonyl (C=O) groups excluding carboxylic acids is 1. The molecule has 1 fully saturated rings. The normalized spacial score (nSPS) is 22.0. The maximum absolute atomic E-state index is 11.9. The Morgan fingerprint density at radius 2 is 2.38 bits per heavy atom. The van der Waals surface area contributed by atoms with Crippen molar-refractivity contribution in [3.63, 3.8) is 0 Å². The number of nitrogens with one attached hydrogen (secondary N) is 1. The Morgan fingerprint density at radius 3 is 3.05 bits per heavy atom. The van der Waals surface area contributed by atoms with E-state index in [-0.39, 0.29) is 5.91 Å². The van der Waals surface area contributed by atoms with Crippen molar-refractivity contribution in [2.24, 2.45) is 0 Å². The quantitative estimate of drug-likeness (QED) is 0.864. The molecule has 0 aromatic heterocycles. The van der Waals surface area contributed by atoms with E-state index in [4.69, 9.17) is 5.26 Å². The van der Waals surface area contributed by atoms with E-state index < -0.39 is 5.60 Å². The standard InChI is InChI=1S/C16H21N3O2/c1-16(21)7-9-19(12-16)8-3-6-15(20)18-14-5-2-4-13(10-14)11-17/h2,4-5,10,21H,3,6-9,12H2,1H3,(H,18,20). The van der Waals surface area contributed by atoms with Gasteiger partial charge in [0.15, 0.2) is 0 Å². The second-order valence-electron chi connectivity index (χ2n) is 5.87. The average Bonchev–Trinajstić information content (AvgIpc) is 2.78. The molecule has 21 heavy (non-hydrogen) atoms. The van der Waals surface area contributed by atoms with Crippen LogP contribution in [0.15, 0.2) is 24.3 Å². The van der Waals surface area contributed by atoms with Crippen LogP contribution in [0.3, 0.4) is 0 Å². The van der Waals surface area contributed by atoms with Crippen LogP contribution in [-0.2, 0) is 4.79 Å². The van der Waals surface area contributed by atoms with E-state index in [2.05, 4.69) is 10.2 Å². The smallest absolute Gasteiger partial charge is 0.224 e. The number of aliphatic hydroxyl groups is 1. The van der Waals surface area contributed by atoms with Crippen molar-refractivity contribution in [1.82, 2.24) is 4.90 Å². The molecule has 0 spiro atoms. The fourth-order valence-corrected chi connectivity index (χ4v) is 2.58. The van der Waals surface area contributed by atoms with Crippen LogP contribution in [0.25, 0.3) is 0 Å². The number of hydrogen-bond acceptors (Lipinski definition) is 4. The lowest BCUT2D eigenvalue weighted by atomic mass is 10.1. The minimum absolute atomic E-state index is 0.0453. The summed E-state index contributed by atoms with van der Waals surface area (Å²) in [6.07, 6.45) is 2.00. The van der Waals surface area contributed by atoms with E-state index in [1.165, 1.54) is 0 Å². The molecule has 1 unspecified atom stereocenters. The lowest BCUT2D eigenvalue weighted by molar-refractivity contribution is -0.116. The molecule has 5 nitrogen and oxygen atoms in total. The summed E-state index contributed by atoms with van der Waals surface area (Å²) in [5, 5.41) is 21.5. The topological polar surface area (TPSA) is 76.4 Å². The Morgan fingerprint density at radius 1 is 1.57 bits per heavy atom. The first-order chi connectivity index (χ1) is 9.98. The van der Waals surface area contributed by atoms with Crippen molar-refractivity contribution in [1.29, 1.82) is 5.26 Å². The monoisotopic (exact) mass is 287 g/mol. The van der Waals surface area contributed by atoms with E-state index in [9.17, 15) is 9.90 Å². The van der Waals surface area contributed by atoms with Gasteiger partial charge in [0.1, 0.15) is 0 Å². The van der Waals surface area contributed by atoms with E-state index in [1.54, 1.807) is 24.3 Å². The first-order valence-corrected chi connectivity index (χ1v) is 7.23. The van der Waals surface area contributed by atoms with Crippen LogP contribution in [0, 0.1) is 11.3 Å². The molecule has 1 aromatic rings. The van der Waals surface area contributed by atoms with Crippen LogP contribution in [0.5, 0.6) is 0 Å². The molecule has 1 saturated heterocycles. The molecule has 1 aliphatic heterocycles. The summed E-state index contributed by atoms with van der Waals surface area (Å²) in [4.78, 5) is 14.0. The third-order valence-electron chi connectivity index (χ3n) is 3.68. The second kappa shape index (κ2) is 6.70. The molecule has 0 bridgehead atoms. The van der Waals surface area contributed by atoms with E-state index in [0.29, 0.717) is 24.2 Å². The highest BCUT2D eigenvalue weighted by Gasteiger charge is 2.30. The Kier molecular flexibility index (Phi) is 4.94. The number of nitriles is 1. The summed E-state index contributed by atoms with van der Waals surface area (Å²) >= 11 is 0. The Bertz CT molecular complexity index is 549. The fraction of sp³-hybridized carbons (Fsp3) is 0.500. The lowest BCUT2D eigenvalue weighted by Crippen LogP contribution is -2.30. The summed E-state index contributed by atoms with van der Waals surface area (Å²) in [7, 11) is 0. The van der Waals surface area contributed by atoms with Crippen molar-refractivity contribution >= 4 is 11.6 Å². The SMILES string of the molecule is CC1(O)CCN(CCCC(=O)Nc2cccc(C#N)c2)C1. The molecule has 0 aliphatic carbocycles. The molecule has 0 radical (unpaired) electrons. The zero-order valence-corrected chi connectivity index (χ0v) is 12.3. The molecule has 1 amide bonds. The van der Waals surface area contributed by atoms with Crippen molar-refractivity contribution in [3.05, 3.63) is 29.8 Å². The Labute approximate surface area is 125 Å². The van der Waals surface area contributed by atoms with Gasteiger partial charge in [-0.25, -0.2) is 0 Å². The molecular weight excluding hydrogens is 266 g/mol. The van der Waals surface area contributed by atoms with Crippen LogP contribution in [0.4, 0.5) is 5.69 Å². The van der Waals surface area contributed by atoms with Crippen molar-refractivity contribution in [3.8, 4) is 6.07 Å². The lowest BCUT2D eigenvalue weighted by Gasteiger charge is -2.18. The summed E-state index contributed by atoms with van der Waals surface area (Å²) in [5.74, 6) is -0.0453. The zero-order chi connectivity index (χ0) is 15.3. The van der Waals surface area contributed by atoms with E-state index in [0.717, 1.165) is 25.9 Å². The molecule has 112 valence electrons. The van der Waals surface area contributed by atoms with Gasteiger partial charge in [0.05, 0.1) is 17.2 Å². The van der Waals surface area contributed by atoms with Crippen molar-refractivity contribution in [2.75, 3.05) is 25.0 Å². The van der Waals surface area contributed by atoms with Gasteiger partial charge < -0.3 is 15.3 Å². The van der Waals surface area contributed by atoms with E-state index in [1.807, 2.05) is 13.0 Å². The van der Waals surface area contributed by atoms with Crippen LogP contribution < -0.4 is 5.32 Å². The third-order valence-corrected chi connectivity index (χ3v) is 3.68. The first kappa shape index (κ1) is 15.5. The number of hydrogen-bond donors (Lipinski definition) is 2. The molecule has 0 saturated carbocycles. The highest BCUT2D eigenvalue weighted by Crippen LogP contribution is 2.20. The van der Waals surface area contributed by atoms with E-state index >= 15 is 0 Å². The number of anilines is 1. The molecule has 1 atom stereocenters. The van der Waals surface area contributed by atoms with Crippen molar-refractivity contribution < 1.29 is 9.90 Å². The van der Waals surface area contributed by atoms with Gasteiger partial charge >= 0.3 is 0 Å². The highest BCUT2D eigenvalue weighted by atomic mass is 16.3. The maximum Gasteiger partial charge on any atom is 0.224 e. The number of carbonyl (C=O) groups is 1. The van der Waals surface area contributed by atoms with Gasteiger partial charge in [-0.1, -0.05) is 6.07 Å². The molecule has 1 aliphatic rings. The summed E-state index contributed by atoms with van der Waals surface area (Å²) in [5.41, 5.74) is 0.607. The zero-order valence-electron chi connectivity index (χ0n) is 12.3. The van der Waals surface area contributed by atoms with Crippen LogP contribution in [0.1, 0.15) is 31.7 Å². The van der Waals surface area contributed by atoms with Gasteiger partial charge in [-0.2, -0.15) is 5.26 Å². The van der Waals surface area contributed by atoms with Gasteiger partial charge in [-0.3, -0.25) is 4.79 Å². The van der Waals surface area contributed by atoms with Gasteiger partial charge in [0.25, 0.3) is 0 Å². The van der Waals surface area contributed by atoms with Crippen LogP contribution in [0.2, 0.25) is 0 Å². The molecule has 1 heterocycles. The number of likely N-dealkylation sites (tertiary alicyclic amines) is 1. The van der Waals surface area contributed by atoms with Gasteiger partial charge in [0, 0.05) is 25.2 Å². The Balaban J connectivity index is 1.72. The number of rotatable bonds is 5. The molecule has 2 N–H and O–H groups in total. The molecule has 5 heteroatoms. The third kappa shape index (κ3) is 4.85. The number of nitrogens with zero attached hydrogens (tertiary/aromatic N) is 2. The molecular formula is C16H21N3O2. The number of amides is 1. The summed E-state index contributed by atoms with van der Waals surface area (Å²) < 4.78 is 0. The van der Waals surface area contributed by atoms with Crippen molar-refractivity contribution in [2.45, 2.75) is 31.8 Å². The summed E-state index contributed by atoms with van der Waals surface area (Å²) in [6, 6.07) is 8.94. The number of β-amino-alcohol motifs (C(OH)–C–C–N with tert-alkyl or cyclic N) is 1. The fourth-order valence-electron chi connectivity index (χ4n) is 2.58. The predicted molar refractivity (Wildman–Crippen MR) is 80.7 cm³/mol. The number of benzene rings is 1. The minimum Gasteiger partial charge on any atom is -0.389 e. The maximum atomic E-state index is 11.9.